The number of hydrogen-bond donors (Lipinski definition) is 1. The Labute approximate surface area is 207 Å². The van der Waals surface area contributed by atoms with Crippen LogP contribution in [0.25, 0.3) is 6.08 Å². The summed E-state index contributed by atoms with van der Waals surface area (Å²) in [5.74, 6) is -0.0109. The van der Waals surface area contributed by atoms with Crippen molar-refractivity contribution in [1.29, 1.82) is 0 Å². The van der Waals surface area contributed by atoms with Crippen LogP contribution in [-0.2, 0) is 4.79 Å². The van der Waals surface area contributed by atoms with Crippen LogP contribution in [0.4, 0.5) is 11.4 Å². The van der Waals surface area contributed by atoms with Gasteiger partial charge in [-0.3, -0.25) is 4.79 Å². The molecule has 3 aromatic rings. The van der Waals surface area contributed by atoms with Crippen LogP contribution in [0.15, 0.2) is 77.2 Å². The number of fused-ring (bicyclic) bond motifs is 1. The van der Waals surface area contributed by atoms with Gasteiger partial charge < -0.3 is 10.2 Å². The van der Waals surface area contributed by atoms with Gasteiger partial charge in [-0.2, -0.15) is 0 Å². The fourth-order valence-corrected chi connectivity index (χ4v) is 6.10. The Morgan fingerprint density at radius 2 is 1.71 bits per heavy atom. The van der Waals surface area contributed by atoms with Crippen molar-refractivity contribution < 1.29 is 4.79 Å². The second kappa shape index (κ2) is 10.1. The second-order valence-electron chi connectivity index (χ2n) is 9.43. The summed E-state index contributed by atoms with van der Waals surface area (Å²) in [4.78, 5) is 17.2. The van der Waals surface area contributed by atoms with E-state index in [0.717, 1.165) is 35.5 Å². The van der Waals surface area contributed by atoms with E-state index in [9.17, 15) is 4.79 Å². The third-order valence-electron chi connectivity index (χ3n) is 6.84. The maximum Gasteiger partial charge on any atom is 0.251 e. The quantitative estimate of drug-likeness (QED) is 0.429. The Balaban J connectivity index is 1.39. The van der Waals surface area contributed by atoms with Crippen LogP contribution in [0.2, 0.25) is 0 Å². The number of amides is 1. The largest absolute Gasteiger partial charge is 0.372 e. The van der Waals surface area contributed by atoms with Gasteiger partial charge in [0.1, 0.15) is 0 Å². The first-order valence-corrected chi connectivity index (χ1v) is 13.1. The Kier molecular flexibility index (Phi) is 6.77. The van der Waals surface area contributed by atoms with Gasteiger partial charge in [0.15, 0.2) is 0 Å². The molecular formula is C30H32N2OS. The molecule has 1 fully saturated rings. The summed E-state index contributed by atoms with van der Waals surface area (Å²) >= 11 is 1.85. The lowest BCUT2D eigenvalue weighted by Gasteiger charge is -2.29. The van der Waals surface area contributed by atoms with Gasteiger partial charge in [-0.05, 0) is 86.6 Å². The number of benzene rings is 3. The molecule has 2 aliphatic heterocycles. The third-order valence-corrected chi connectivity index (χ3v) is 8.19. The lowest BCUT2D eigenvalue weighted by Crippen LogP contribution is -2.29. The Morgan fingerprint density at radius 1 is 0.941 bits per heavy atom. The fraction of sp³-hybridized carbons (Fsp3) is 0.300. The Morgan fingerprint density at radius 3 is 2.47 bits per heavy atom. The number of carbonyl (C=O) groups excluding carboxylic acids is 1. The average molecular weight is 469 g/mol. The van der Waals surface area contributed by atoms with Crippen LogP contribution in [0.3, 0.4) is 0 Å². The van der Waals surface area contributed by atoms with Gasteiger partial charge in [0.05, 0.1) is 0 Å². The van der Waals surface area contributed by atoms with E-state index in [-0.39, 0.29) is 11.2 Å². The van der Waals surface area contributed by atoms with E-state index in [1.807, 2.05) is 17.8 Å². The van der Waals surface area contributed by atoms with Gasteiger partial charge in [-0.25, -0.2) is 0 Å². The number of anilines is 2. The number of piperidine rings is 1. The molecule has 34 heavy (non-hydrogen) atoms. The summed E-state index contributed by atoms with van der Waals surface area (Å²) in [6.07, 6.45) is 6.60. The molecule has 0 aromatic heterocycles. The van der Waals surface area contributed by atoms with Crippen LogP contribution in [0.5, 0.6) is 0 Å². The number of rotatable bonds is 4. The van der Waals surface area contributed by atoms with Crippen LogP contribution >= 0.6 is 11.8 Å². The van der Waals surface area contributed by atoms with Gasteiger partial charge in [0.2, 0.25) is 0 Å². The van der Waals surface area contributed by atoms with Crippen molar-refractivity contribution in [3.05, 3.63) is 94.6 Å². The Bertz CT molecular complexity index is 1210. The van der Waals surface area contributed by atoms with Crippen molar-refractivity contribution in [2.24, 2.45) is 0 Å². The van der Waals surface area contributed by atoms with E-state index in [4.69, 9.17) is 0 Å². The maximum absolute atomic E-state index is 13.5. The first kappa shape index (κ1) is 22.8. The van der Waals surface area contributed by atoms with Gasteiger partial charge in [0.25, 0.3) is 5.91 Å². The Hall–Kier alpha value is -2.98. The highest BCUT2D eigenvalue weighted by Gasteiger charge is 2.24. The number of hydrogen-bond acceptors (Lipinski definition) is 3. The van der Waals surface area contributed by atoms with Gasteiger partial charge in [0, 0.05) is 40.2 Å². The summed E-state index contributed by atoms with van der Waals surface area (Å²) in [7, 11) is 0. The molecule has 1 atom stereocenters. The lowest BCUT2D eigenvalue weighted by molar-refractivity contribution is -0.112. The molecule has 0 bridgehead atoms. The molecule has 5 rings (SSSR count). The van der Waals surface area contributed by atoms with E-state index in [1.165, 1.54) is 41.0 Å². The fourth-order valence-electron chi connectivity index (χ4n) is 4.81. The monoisotopic (exact) mass is 468 g/mol. The lowest BCUT2D eigenvalue weighted by atomic mass is 10.0. The molecule has 2 heterocycles. The van der Waals surface area contributed by atoms with E-state index in [2.05, 4.69) is 90.8 Å². The van der Waals surface area contributed by atoms with Crippen molar-refractivity contribution in [3.8, 4) is 0 Å². The number of aryl methyl sites for hydroxylation is 2. The van der Waals surface area contributed by atoms with E-state index in [1.54, 1.807) is 0 Å². The number of thioether (sulfide) groups is 1. The van der Waals surface area contributed by atoms with Crippen LogP contribution in [0, 0.1) is 13.8 Å². The van der Waals surface area contributed by atoms with Crippen LogP contribution in [-0.4, -0.2) is 19.0 Å². The van der Waals surface area contributed by atoms with Crippen molar-refractivity contribution >= 4 is 35.1 Å². The molecule has 1 unspecified atom stereocenters. The first-order chi connectivity index (χ1) is 16.6. The minimum absolute atomic E-state index is 0.0109. The van der Waals surface area contributed by atoms with E-state index < -0.39 is 0 Å². The molecule has 3 nitrogen and oxygen atoms in total. The van der Waals surface area contributed by atoms with Crippen molar-refractivity contribution in [2.75, 3.05) is 23.3 Å². The summed E-state index contributed by atoms with van der Waals surface area (Å²) < 4.78 is 0. The molecule has 0 spiro atoms. The predicted octanol–water partition coefficient (Wildman–Crippen LogP) is 7.55. The van der Waals surface area contributed by atoms with Crippen LogP contribution < -0.4 is 10.2 Å². The molecule has 3 aromatic carbocycles. The first-order valence-electron chi connectivity index (χ1n) is 12.3. The minimum Gasteiger partial charge on any atom is -0.372 e. The third kappa shape index (κ3) is 5.07. The molecule has 1 amide bonds. The topological polar surface area (TPSA) is 32.3 Å². The number of nitrogens with one attached hydrogen (secondary N) is 1. The zero-order valence-electron chi connectivity index (χ0n) is 20.0. The zero-order valence-corrected chi connectivity index (χ0v) is 20.8. The van der Waals surface area contributed by atoms with Gasteiger partial charge >= 0.3 is 0 Å². The number of nitrogens with zero attached hydrogens (tertiary/aromatic N) is 1. The molecule has 1 saturated heterocycles. The molecule has 1 N–H and O–H groups in total. The van der Waals surface area contributed by atoms with Crippen LogP contribution in [0.1, 0.15) is 53.2 Å². The van der Waals surface area contributed by atoms with Crippen molar-refractivity contribution in [2.45, 2.75) is 49.7 Å². The second-order valence-corrected chi connectivity index (χ2v) is 10.7. The molecule has 174 valence electrons. The predicted molar refractivity (Wildman–Crippen MR) is 145 cm³/mol. The van der Waals surface area contributed by atoms with Gasteiger partial charge in [-0.15, -0.1) is 11.8 Å². The minimum atomic E-state index is -0.0109. The highest BCUT2D eigenvalue weighted by Crippen LogP contribution is 2.44. The van der Waals surface area contributed by atoms with Crippen molar-refractivity contribution in [3.63, 3.8) is 0 Å². The van der Waals surface area contributed by atoms with E-state index >= 15 is 0 Å². The number of carbonyl (C=O) groups is 1. The summed E-state index contributed by atoms with van der Waals surface area (Å²) in [6.45, 7) is 6.44. The smallest absolute Gasteiger partial charge is 0.251 e. The zero-order chi connectivity index (χ0) is 23.5. The summed E-state index contributed by atoms with van der Waals surface area (Å²) in [5, 5.41) is 3.41. The maximum atomic E-state index is 13.5. The molecule has 0 saturated carbocycles. The molecular weight excluding hydrogens is 436 g/mol. The molecule has 0 radical (unpaired) electrons. The summed E-state index contributed by atoms with van der Waals surface area (Å²) in [5.41, 5.74) is 7.70. The standard InChI is InChI=1S/C30H32N2OS/c1-21-10-12-23(13-11-21)29-20-25(19-24-8-4-5-9-28(24)34-29)30(33)31-27-15-14-26(18-22(27)2)32-16-6-3-7-17-32/h4-5,8-15,18-19,29H,3,6-7,16-17,20H2,1-2H3,(H,31,33). The molecule has 4 heteroatoms. The SMILES string of the molecule is Cc1ccc(C2CC(C(=O)Nc3ccc(N4CCCCC4)cc3C)=Cc3ccccc3S2)cc1. The molecule has 2 aliphatic rings. The summed E-state index contributed by atoms with van der Waals surface area (Å²) in [6, 6.07) is 23.5. The molecule has 0 aliphatic carbocycles. The average Bonchev–Trinajstić information content (AvgIpc) is 3.06. The normalized spacial score (nSPS) is 18.0. The van der Waals surface area contributed by atoms with Gasteiger partial charge in [-0.1, -0.05) is 48.0 Å². The van der Waals surface area contributed by atoms with Crippen molar-refractivity contribution in [1.82, 2.24) is 0 Å². The highest BCUT2D eigenvalue weighted by molar-refractivity contribution is 7.99. The van der Waals surface area contributed by atoms with E-state index in [0.29, 0.717) is 6.42 Å². The highest BCUT2D eigenvalue weighted by atomic mass is 32.2.